The first-order valence-corrected chi connectivity index (χ1v) is 9.85. The van der Waals surface area contributed by atoms with Gasteiger partial charge in [-0.05, 0) is 56.5 Å². The molecule has 3 heteroatoms. The summed E-state index contributed by atoms with van der Waals surface area (Å²) in [6.07, 6.45) is 0.923. The summed E-state index contributed by atoms with van der Waals surface area (Å²) in [7, 11) is 0. The van der Waals surface area contributed by atoms with Crippen molar-refractivity contribution >= 4 is 11.0 Å². The highest BCUT2D eigenvalue weighted by Crippen LogP contribution is 2.28. The SMILES string of the molecule is Cc1ccc(-c2nc3ccccc3n2CCCOc2ccccc2C)c(C)c1. The number of fused-ring (bicyclic) bond motifs is 1. The lowest BCUT2D eigenvalue weighted by atomic mass is 10.1. The Kier molecular flexibility index (Phi) is 5.16. The summed E-state index contributed by atoms with van der Waals surface area (Å²) in [5.74, 6) is 2.00. The molecule has 1 heterocycles. The molecular weight excluding hydrogens is 344 g/mol. The van der Waals surface area contributed by atoms with Crippen molar-refractivity contribution < 1.29 is 4.74 Å². The molecule has 0 aliphatic heterocycles. The first kappa shape index (κ1) is 18.3. The minimum absolute atomic E-state index is 0.684. The van der Waals surface area contributed by atoms with Crippen LogP contribution in [0, 0.1) is 20.8 Å². The molecule has 3 nitrogen and oxygen atoms in total. The van der Waals surface area contributed by atoms with E-state index in [-0.39, 0.29) is 0 Å². The van der Waals surface area contributed by atoms with Crippen molar-refractivity contribution in [2.45, 2.75) is 33.7 Å². The van der Waals surface area contributed by atoms with Crippen molar-refractivity contribution in [2.75, 3.05) is 6.61 Å². The normalized spacial score (nSPS) is 11.1. The van der Waals surface area contributed by atoms with Crippen LogP contribution in [0.2, 0.25) is 0 Å². The third-order valence-corrected chi connectivity index (χ3v) is 5.15. The number of hydrogen-bond acceptors (Lipinski definition) is 2. The minimum atomic E-state index is 0.684. The van der Waals surface area contributed by atoms with Crippen LogP contribution in [0.5, 0.6) is 5.75 Å². The summed E-state index contributed by atoms with van der Waals surface area (Å²) in [5, 5.41) is 0. The predicted molar refractivity (Wildman–Crippen MR) is 116 cm³/mol. The van der Waals surface area contributed by atoms with E-state index in [2.05, 4.69) is 67.8 Å². The third-order valence-electron chi connectivity index (χ3n) is 5.15. The molecule has 0 N–H and O–H groups in total. The van der Waals surface area contributed by atoms with Gasteiger partial charge in [0.2, 0.25) is 0 Å². The van der Waals surface area contributed by atoms with Crippen molar-refractivity contribution in [3.8, 4) is 17.1 Å². The average Bonchev–Trinajstić information content (AvgIpc) is 3.05. The van der Waals surface area contributed by atoms with Crippen LogP contribution in [0.15, 0.2) is 66.7 Å². The number of para-hydroxylation sites is 3. The molecular formula is C25H26N2O. The van der Waals surface area contributed by atoms with Gasteiger partial charge in [-0.3, -0.25) is 0 Å². The second-order valence-corrected chi connectivity index (χ2v) is 7.36. The lowest BCUT2D eigenvalue weighted by Gasteiger charge is -2.13. The van der Waals surface area contributed by atoms with E-state index < -0.39 is 0 Å². The van der Waals surface area contributed by atoms with Crippen molar-refractivity contribution in [3.05, 3.63) is 83.4 Å². The molecule has 4 rings (SSSR count). The molecule has 1 aromatic heterocycles. The van der Waals surface area contributed by atoms with Gasteiger partial charge in [0.05, 0.1) is 17.6 Å². The first-order valence-electron chi connectivity index (χ1n) is 9.85. The fourth-order valence-electron chi connectivity index (χ4n) is 3.70. The van der Waals surface area contributed by atoms with E-state index in [1.165, 1.54) is 27.8 Å². The van der Waals surface area contributed by atoms with Gasteiger partial charge < -0.3 is 9.30 Å². The van der Waals surface area contributed by atoms with Crippen molar-refractivity contribution in [3.63, 3.8) is 0 Å². The molecule has 0 unspecified atom stereocenters. The van der Waals surface area contributed by atoms with Crippen LogP contribution in [-0.2, 0) is 6.54 Å². The quantitative estimate of drug-likeness (QED) is 0.384. The molecule has 4 aromatic rings. The summed E-state index contributed by atoms with van der Waals surface area (Å²) in [6.45, 7) is 7.92. The highest BCUT2D eigenvalue weighted by Gasteiger charge is 2.14. The van der Waals surface area contributed by atoms with E-state index in [0.717, 1.165) is 30.1 Å². The van der Waals surface area contributed by atoms with Crippen LogP contribution in [0.4, 0.5) is 0 Å². The van der Waals surface area contributed by atoms with Crippen molar-refractivity contribution in [1.82, 2.24) is 9.55 Å². The van der Waals surface area contributed by atoms with Gasteiger partial charge in [-0.1, -0.05) is 54.1 Å². The van der Waals surface area contributed by atoms with E-state index in [1.807, 2.05) is 24.3 Å². The van der Waals surface area contributed by atoms with Crippen LogP contribution < -0.4 is 4.74 Å². The fraction of sp³-hybridized carbons (Fsp3) is 0.240. The predicted octanol–water partition coefficient (Wildman–Crippen LogP) is 6.10. The van der Waals surface area contributed by atoms with Gasteiger partial charge in [0, 0.05) is 12.1 Å². The molecule has 28 heavy (non-hydrogen) atoms. The zero-order chi connectivity index (χ0) is 19.5. The van der Waals surface area contributed by atoms with Crippen LogP contribution in [-0.4, -0.2) is 16.2 Å². The molecule has 0 radical (unpaired) electrons. The van der Waals surface area contributed by atoms with E-state index in [1.54, 1.807) is 0 Å². The van der Waals surface area contributed by atoms with E-state index >= 15 is 0 Å². The van der Waals surface area contributed by atoms with Gasteiger partial charge in [0.15, 0.2) is 0 Å². The van der Waals surface area contributed by atoms with Gasteiger partial charge >= 0.3 is 0 Å². The summed E-state index contributed by atoms with van der Waals surface area (Å²) in [6, 6.07) is 23.1. The first-order chi connectivity index (χ1) is 13.6. The van der Waals surface area contributed by atoms with Gasteiger partial charge in [0.25, 0.3) is 0 Å². The van der Waals surface area contributed by atoms with Crippen molar-refractivity contribution in [1.29, 1.82) is 0 Å². The molecule has 3 aromatic carbocycles. The zero-order valence-corrected chi connectivity index (χ0v) is 16.8. The Morgan fingerprint density at radius 1 is 0.857 bits per heavy atom. The number of aromatic nitrogens is 2. The lowest BCUT2D eigenvalue weighted by Crippen LogP contribution is -2.07. The maximum absolute atomic E-state index is 6.00. The topological polar surface area (TPSA) is 27.1 Å². The van der Waals surface area contributed by atoms with Crippen LogP contribution in [0.3, 0.4) is 0 Å². The number of hydrogen-bond donors (Lipinski definition) is 0. The maximum Gasteiger partial charge on any atom is 0.141 e. The Balaban J connectivity index is 1.59. The molecule has 0 amide bonds. The second kappa shape index (κ2) is 7.89. The van der Waals surface area contributed by atoms with Gasteiger partial charge in [-0.15, -0.1) is 0 Å². The van der Waals surface area contributed by atoms with E-state index in [4.69, 9.17) is 9.72 Å². The molecule has 0 saturated carbocycles. The Hall–Kier alpha value is -3.07. The Labute approximate surface area is 166 Å². The smallest absolute Gasteiger partial charge is 0.141 e. The Bertz CT molecular complexity index is 1110. The number of rotatable bonds is 6. The zero-order valence-electron chi connectivity index (χ0n) is 16.8. The number of nitrogens with zero attached hydrogens (tertiary/aromatic N) is 2. The summed E-state index contributed by atoms with van der Waals surface area (Å²) < 4.78 is 8.33. The van der Waals surface area contributed by atoms with Gasteiger partial charge in [0.1, 0.15) is 11.6 Å². The Morgan fingerprint density at radius 3 is 2.46 bits per heavy atom. The minimum Gasteiger partial charge on any atom is -0.493 e. The van der Waals surface area contributed by atoms with Crippen molar-refractivity contribution in [2.24, 2.45) is 0 Å². The molecule has 0 saturated heterocycles. The molecule has 142 valence electrons. The van der Waals surface area contributed by atoms with Gasteiger partial charge in [-0.25, -0.2) is 4.98 Å². The van der Waals surface area contributed by atoms with Gasteiger partial charge in [-0.2, -0.15) is 0 Å². The van der Waals surface area contributed by atoms with E-state index in [9.17, 15) is 0 Å². The largest absolute Gasteiger partial charge is 0.493 e. The van der Waals surface area contributed by atoms with Crippen LogP contribution in [0.1, 0.15) is 23.1 Å². The maximum atomic E-state index is 6.00. The Morgan fingerprint density at radius 2 is 1.64 bits per heavy atom. The van der Waals surface area contributed by atoms with E-state index in [0.29, 0.717) is 6.61 Å². The molecule has 0 aliphatic rings. The molecule has 0 fully saturated rings. The van der Waals surface area contributed by atoms with Crippen LogP contribution >= 0.6 is 0 Å². The highest BCUT2D eigenvalue weighted by atomic mass is 16.5. The van der Waals surface area contributed by atoms with Crippen LogP contribution in [0.25, 0.3) is 22.4 Å². The number of ether oxygens (including phenoxy) is 1. The molecule has 0 spiro atoms. The molecule has 0 aliphatic carbocycles. The monoisotopic (exact) mass is 370 g/mol. The summed E-state index contributed by atoms with van der Waals surface area (Å²) in [5.41, 5.74) is 7.11. The average molecular weight is 370 g/mol. The second-order valence-electron chi connectivity index (χ2n) is 7.36. The molecule has 0 bridgehead atoms. The third kappa shape index (κ3) is 3.65. The fourth-order valence-corrected chi connectivity index (χ4v) is 3.70. The number of imidazole rings is 1. The molecule has 0 atom stereocenters. The summed E-state index contributed by atoms with van der Waals surface area (Å²) >= 11 is 0. The standard InChI is InChI=1S/C25H26N2O/c1-18-13-14-21(20(3)17-18)25-26-22-10-5-6-11-23(22)27(25)15-8-16-28-24-12-7-4-9-19(24)2/h4-7,9-14,17H,8,15-16H2,1-3H3. The highest BCUT2D eigenvalue weighted by molar-refractivity contribution is 5.81. The number of benzene rings is 3. The summed E-state index contributed by atoms with van der Waals surface area (Å²) in [4.78, 5) is 4.95. The lowest BCUT2D eigenvalue weighted by molar-refractivity contribution is 0.301. The number of aryl methyl sites for hydroxylation is 4.